The van der Waals surface area contributed by atoms with Gasteiger partial charge < -0.3 is 15.4 Å². The van der Waals surface area contributed by atoms with E-state index in [-0.39, 0.29) is 5.91 Å². The van der Waals surface area contributed by atoms with Crippen LogP contribution in [0.2, 0.25) is 0 Å². The Labute approximate surface area is 150 Å². The Morgan fingerprint density at radius 3 is 2.88 bits per heavy atom. The molecule has 24 heavy (non-hydrogen) atoms. The molecule has 0 spiro atoms. The van der Waals surface area contributed by atoms with Gasteiger partial charge in [0.2, 0.25) is 11.0 Å². The summed E-state index contributed by atoms with van der Waals surface area (Å²) in [4.78, 5) is 11.8. The van der Waals surface area contributed by atoms with Crippen molar-refractivity contribution in [2.45, 2.75) is 24.1 Å². The average molecular weight is 367 g/mol. The molecule has 0 unspecified atom stereocenters. The minimum atomic E-state index is -0.0349. The van der Waals surface area contributed by atoms with Crippen molar-refractivity contribution in [3.63, 3.8) is 0 Å². The van der Waals surface area contributed by atoms with Crippen molar-refractivity contribution in [3.8, 4) is 5.75 Å². The van der Waals surface area contributed by atoms with E-state index >= 15 is 0 Å². The van der Waals surface area contributed by atoms with Gasteiger partial charge in [0.1, 0.15) is 12.4 Å². The standard InChI is InChI=1S/C16H22N4O2S2/c1-2-3-9-18-15-19-20-16(24-15)23-12-14(21)17-10-11-22-13-7-5-4-6-8-13/h4-8H,2-3,9-12H2,1H3,(H,17,21)(H,18,19). The number of benzene rings is 1. The molecule has 1 aromatic carbocycles. The Kier molecular flexibility index (Phi) is 8.40. The predicted octanol–water partition coefficient (Wildman–Crippen LogP) is 3.04. The maximum absolute atomic E-state index is 11.8. The lowest BCUT2D eigenvalue weighted by atomic mass is 10.3. The van der Waals surface area contributed by atoms with Crippen LogP contribution in [0.3, 0.4) is 0 Å². The van der Waals surface area contributed by atoms with Crippen molar-refractivity contribution < 1.29 is 9.53 Å². The molecule has 6 nitrogen and oxygen atoms in total. The van der Waals surface area contributed by atoms with E-state index in [4.69, 9.17) is 4.74 Å². The number of para-hydroxylation sites is 1. The van der Waals surface area contributed by atoms with E-state index in [1.165, 1.54) is 23.1 Å². The Bertz CT molecular complexity index is 607. The fraction of sp³-hybridized carbons (Fsp3) is 0.438. The molecule has 1 aromatic heterocycles. The molecule has 0 bridgehead atoms. The highest BCUT2D eigenvalue weighted by Crippen LogP contribution is 2.25. The largest absolute Gasteiger partial charge is 0.492 e. The van der Waals surface area contributed by atoms with Crippen LogP contribution in [0.15, 0.2) is 34.7 Å². The first-order chi connectivity index (χ1) is 11.8. The molecule has 2 rings (SSSR count). The zero-order valence-corrected chi connectivity index (χ0v) is 15.3. The summed E-state index contributed by atoms with van der Waals surface area (Å²) in [5.41, 5.74) is 0. The van der Waals surface area contributed by atoms with Crippen molar-refractivity contribution >= 4 is 34.1 Å². The molecule has 0 aliphatic rings. The fourth-order valence-electron chi connectivity index (χ4n) is 1.77. The van der Waals surface area contributed by atoms with E-state index in [1.807, 2.05) is 30.3 Å². The van der Waals surface area contributed by atoms with Crippen molar-refractivity contribution in [3.05, 3.63) is 30.3 Å². The molecule has 1 amide bonds. The highest BCUT2D eigenvalue weighted by molar-refractivity contribution is 8.01. The number of hydrogen-bond acceptors (Lipinski definition) is 7. The molecule has 0 aliphatic carbocycles. The molecule has 1 heterocycles. The third-order valence-electron chi connectivity index (χ3n) is 2.98. The molecule has 0 saturated heterocycles. The lowest BCUT2D eigenvalue weighted by Crippen LogP contribution is -2.29. The van der Waals surface area contributed by atoms with Crippen molar-refractivity contribution in [2.75, 3.05) is 30.8 Å². The number of hydrogen-bond donors (Lipinski definition) is 2. The third kappa shape index (κ3) is 7.18. The summed E-state index contributed by atoms with van der Waals surface area (Å²) in [6.07, 6.45) is 2.25. The summed E-state index contributed by atoms with van der Waals surface area (Å²) < 4.78 is 6.32. The first-order valence-corrected chi connectivity index (χ1v) is 9.73. The number of unbranched alkanes of at least 4 members (excludes halogenated alkanes) is 1. The lowest BCUT2D eigenvalue weighted by molar-refractivity contribution is -0.118. The molecular weight excluding hydrogens is 344 g/mol. The summed E-state index contributed by atoms with van der Waals surface area (Å²) in [5.74, 6) is 1.10. The predicted molar refractivity (Wildman–Crippen MR) is 99.0 cm³/mol. The van der Waals surface area contributed by atoms with Crippen molar-refractivity contribution in [1.29, 1.82) is 0 Å². The molecule has 0 atom stereocenters. The lowest BCUT2D eigenvalue weighted by Gasteiger charge is -2.07. The number of nitrogens with one attached hydrogen (secondary N) is 2. The van der Waals surface area contributed by atoms with Crippen LogP contribution in [-0.4, -0.2) is 41.6 Å². The number of nitrogens with zero attached hydrogens (tertiary/aromatic N) is 2. The topological polar surface area (TPSA) is 76.1 Å². The van der Waals surface area contributed by atoms with Gasteiger partial charge >= 0.3 is 0 Å². The van der Waals surface area contributed by atoms with Crippen LogP contribution < -0.4 is 15.4 Å². The molecule has 0 radical (unpaired) electrons. The summed E-state index contributed by atoms with van der Waals surface area (Å²) in [7, 11) is 0. The minimum Gasteiger partial charge on any atom is -0.492 e. The van der Waals surface area contributed by atoms with Crippen LogP contribution in [0, 0.1) is 0 Å². The fourth-order valence-corrected chi connectivity index (χ4v) is 3.37. The number of ether oxygens (including phenoxy) is 1. The number of aromatic nitrogens is 2. The SMILES string of the molecule is CCCCNc1nnc(SCC(=O)NCCOc2ccccc2)s1. The van der Waals surface area contributed by atoms with Gasteiger partial charge in [-0.05, 0) is 18.6 Å². The highest BCUT2D eigenvalue weighted by atomic mass is 32.2. The monoisotopic (exact) mass is 366 g/mol. The van der Waals surface area contributed by atoms with Crippen LogP contribution >= 0.6 is 23.1 Å². The Balaban J connectivity index is 1.57. The van der Waals surface area contributed by atoms with Crippen molar-refractivity contribution in [1.82, 2.24) is 15.5 Å². The number of anilines is 1. The zero-order valence-electron chi connectivity index (χ0n) is 13.7. The van der Waals surface area contributed by atoms with Gasteiger partial charge in [-0.3, -0.25) is 4.79 Å². The second-order valence-corrected chi connectivity index (χ2v) is 7.15. The zero-order chi connectivity index (χ0) is 17.0. The number of rotatable bonds is 11. The van der Waals surface area contributed by atoms with Gasteiger partial charge in [-0.25, -0.2) is 0 Å². The van der Waals surface area contributed by atoms with Crippen LogP contribution in [0.4, 0.5) is 5.13 Å². The van der Waals surface area contributed by atoms with Gasteiger partial charge in [0.05, 0.1) is 12.3 Å². The second kappa shape index (κ2) is 10.9. The van der Waals surface area contributed by atoms with E-state index in [0.717, 1.165) is 34.6 Å². The van der Waals surface area contributed by atoms with Crippen LogP contribution in [0.1, 0.15) is 19.8 Å². The molecule has 0 saturated carbocycles. The first-order valence-electron chi connectivity index (χ1n) is 7.92. The van der Waals surface area contributed by atoms with Crippen LogP contribution in [-0.2, 0) is 4.79 Å². The van der Waals surface area contributed by atoms with E-state index in [2.05, 4.69) is 27.8 Å². The summed E-state index contributed by atoms with van der Waals surface area (Å²) in [6.45, 7) is 3.98. The summed E-state index contributed by atoms with van der Waals surface area (Å²) in [6, 6.07) is 9.54. The van der Waals surface area contributed by atoms with Crippen LogP contribution in [0.5, 0.6) is 5.75 Å². The molecule has 2 aromatic rings. The Morgan fingerprint density at radius 2 is 2.08 bits per heavy atom. The van der Waals surface area contributed by atoms with E-state index in [9.17, 15) is 4.79 Å². The second-order valence-electron chi connectivity index (χ2n) is 4.95. The Hall–Kier alpha value is -1.80. The van der Waals surface area contributed by atoms with Gasteiger partial charge in [-0.1, -0.05) is 54.6 Å². The smallest absolute Gasteiger partial charge is 0.230 e. The van der Waals surface area contributed by atoms with E-state index in [0.29, 0.717) is 18.9 Å². The normalized spacial score (nSPS) is 10.4. The number of carbonyl (C=O) groups excluding carboxylic acids is 1. The first kappa shape index (κ1) is 18.5. The molecule has 8 heteroatoms. The molecule has 2 N–H and O–H groups in total. The van der Waals surface area contributed by atoms with Gasteiger partial charge in [-0.2, -0.15) is 0 Å². The summed E-state index contributed by atoms with van der Waals surface area (Å²) in [5, 5.41) is 15.0. The third-order valence-corrected chi connectivity index (χ3v) is 4.99. The maximum atomic E-state index is 11.8. The molecule has 0 fully saturated rings. The quantitative estimate of drug-likeness (QED) is 0.470. The van der Waals surface area contributed by atoms with Gasteiger partial charge in [0.25, 0.3) is 0 Å². The van der Waals surface area contributed by atoms with E-state index in [1.54, 1.807) is 0 Å². The maximum Gasteiger partial charge on any atom is 0.230 e. The van der Waals surface area contributed by atoms with Crippen LogP contribution in [0.25, 0.3) is 0 Å². The molecule has 130 valence electrons. The Morgan fingerprint density at radius 1 is 1.25 bits per heavy atom. The summed E-state index contributed by atoms with van der Waals surface area (Å²) >= 11 is 2.87. The van der Waals surface area contributed by atoms with Gasteiger partial charge in [-0.15, -0.1) is 10.2 Å². The number of thioether (sulfide) groups is 1. The van der Waals surface area contributed by atoms with E-state index < -0.39 is 0 Å². The highest BCUT2D eigenvalue weighted by Gasteiger charge is 2.07. The molecular formula is C16H22N4O2S2. The van der Waals surface area contributed by atoms with Gasteiger partial charge in [0.15, 0.2) is 4.34 Å². The number of amides is 1. The van der Waals surface area contributed by atoms with Gasteiger partial charge in [0, 0.05) is 6.54 Å². The minimum absolute atomic E-state index is 0.0349. The van der Waals surface area contributed by atoms with Crippen molar-refractivity contribution in [2.24, 2.45) is 0 Å². The molecule has 0 aliphatic heterocycles. The average Bonchev–Trinajstić information content (AvgIpc) is 3.06. The number of carbonyl (C=O) groups is 1.